The van der Waals surface area contributed by atoms with Gasteiger partial charge in [0.1, 0.15) is 0 Å². The lowest BCUT2D eigenvalue weighted by atomic mass is 9.80. The highest BCUT2D eigenvalue weighted by atomic mass is 16.7. The Hall–Kier alpha value is -1.06. The van der Waals surface area contributed by atoms with Gasteiger partial charge in [-0.15, -0.1) is 0 Å². The molecular formula is C12H21NO3. The Labute approximate surface area is 97.0 Å². The van der Waals surface area contributed by atoms with Crippen molar-refractivity contribution >= 4 is 11.7 Å². The molecule has 0 bridgehead atoms. The molecule has 2 unspecified atom stereocenters. The predicted molar refractivity (Wildman–Crippen MR) is 62.2 cm³/mol. The molecule has 0 aromatic heterocycles. The SMILES string of the molecule is CCOC(=O)C1(C)ON=C(C(C)C)C1CC. The van der Waals surface area contributed by atoms with Crippen LogP contribution in [0.15, 0.2) is 5.16 Å². The van der Waals surface area contributed by atoms with Gasteiger partial charge in [0, 0.05) is 0 Å². The highest BCUT2D eigenvalue weighted by Crippen LogP contribution is 2.35. The van der Waals surface area contributed by atoms with E-state index in [2.05, 4.69) is 19.0 Å². The lowest BCUT2D eigenvalue weighted by Crippen LogP contribution is -2.45. The molecule has 16 heavy (non-hydrogen) atoms. The van der Waals surface area contributed by atoms with Crippen LogP contribution in [-0.4, -0.2) is 23.9 Å². The molecule has 0 saturated heterocycles. The summed E-state index contributed by atoms with van der Waals surface area (Å²) in [5, 5.41) is 4.06. The number of esters is 1. The summed E-state index contributed by atoms with van der Waals surface area (Å²) in [6.07, 6.45) is 0.826. The van der Waals surface area contributed by atoms with E-state index in [1.807, 2.05) is 6.92 Å². The largest absolute Gasteiger partial charge is 0.463 e. The highest BCUT2D eigenvalue weighted by molar-refractivity contribution is 5.96. The van der Waals surface area contributed by atoms with Crippen molar-refractivity contribution < 1.29 is 14.4 Å². The maximum absolute atomic E-state index is 11.9. The summed E-state index contributed by atoms with van der Waals surface area (Å²) in [6.45, 7) is 10.1. The summed E-state index contributed by atoms with van der Waals surface area (Å²) in [4.78, 5) is 17.2. The van der Waals surface area contributed by atoms with Crippen molar-refractivity contribution in [1.82, 2.24) is 0 Å². The Morgan fingerprint density at radius 1 is 1.56 bits per heavy atom. The van der Waals surface area contributed by atoms with E-state index in [0.717, 1.165) is 12.1 Å². The summed E-state index contributed by atoms with van der Waals surface area (Å²) in [7, 11) is 0. The molecule has 0 aromatic carbocycles. The fourth-order valence-corrected chi connectivity index (χ4v) is 2.12. The second-order valence-corrected chi connectivity index (χ2v) is 4.55. The Bertz CT molecular complexity index is 299. The van der Waals surface area contributed by atoms with Gasteiger partial charge in [-0.1, -0.05) is 25.9 Å². The molecule has 1 heterocycles. The van der Waals surface area contributed by atoms with Gasteiger partial charge in [-0.3, -0.25) is 0 Å². The van der Waals surface area contributed by atoms with E-state index in [9.17, 15) is 4.79 Å². The van der Waals surface area contributed by atoms with Crippen molar-refractivity contribution in [3.63, 3.8) is 0 Å². The third-order valence-electron chi connectivity index (χ3n) is 3.04. The van der Waals surface area contributed by atoms with Gasteiger partial charge < -0.3 is 9.57 Å². The van der Waals surface area contributed by atoms with E-state index in [0.29, 0.717) is 12.5 Å². The van der Waals surface area contributed by atoms with E-state index in [1.54, 1.807) is 13.8 Å². The first kappa shape index (κ1) is 13.0. The van der Waals surface area contributed by atoms with Gasteiger partial charge in [-0.2, -0.15) is 0 Å². The van der Waals surface area contributed by atoms with Crippen LogP contribution < -0.4 is 0 Å². The van der Waals surface area contributed by atoms with Crippen molar-refractivity contribution in [2.75, 3.05) is 6.61 Å². The zero-order valence-electron chi connectivity index (χ0n) is 10.7. The summed E-state index contributed by atoms with van der Waals surface area (Å²) < 4.78 is 5.05. The summed E-state index contributed by atoms with van der Waals surface area (Å²) >= 11 is 0. The standard InChI is InChI=1S/C12H21NO3/c1-6-9-10(8(3)4)13-16-12(9,5)11(14)15-7-2/h8-9H,6-7H2,1-5H3. The first-order valence-electron chi connectivity index (χ1n) is 5.90. The maximum Gasteiger partial charge on any atom is 0.353 e. The van der Waals surface area contributed by atoms with Crippen molar-refractivity contribution in [2.24, 2.45) is 17.0 Å². The van der Waals surface area contributed by atoms with Crippen LogP contribution in [0.5, 0.6) is 0 Å². The van der Waals surface area contributed by atoms with Crippen LogP contribution in [0.2, 0.25) is 0 Å². The Kier molecular flexibility index (Phi) is 3.94. The molecule has 0 aliphatic carbocycles. The number of hydrogen-bond acceptors (Lipinski definition) is 4. The van der Waals surface area contributed by atoms with Crippen molar-refractivity contribution in [3.8, 4) is 0 Å². The average molecular weight is 227 g/mol. The minimum absolute atomic E-state index is 0.0200. The third-order valence-corrected chi connectivity index (χ3v) is 3.04. The number of rotatable bonds is 4. The molecule has 0 spiro atoms. The summed E-state index contributed by atoms with van der Waals surface area (Å²) in [6, 6.07) is 0. The van der Waals surface area contributed by atoms with E-state index in [-0.39, 0.29) is 11.9 Å². The Morgan fingerprint density at radius 2 is 2.19 bits per heavy atom. The summed E-state index contributed by atoms with van der Waals surface area (Å²) in [5.41, 5.74) is 0.0164. The highest BCUT2D eigenvalue weighted by Gasteiger charge is 2.51. The first-order chi connectivity index (χ1) is 7.47. The van der Waals surface area contributed by atoms with Gasteiger partial charge in [0.2, 0.25) is 5.60 Å². The third kappa shape index (κ3) is 2.06. The lowest BCUT2D eigenvalue weighted by Gasteiger charge is -2.26. The van der Waals surface area contributed by atoms with Crippen LogP contribution in [0.3, 0.4) is 0 Å². The lowest BCUT2D eigenvalue weighted by molar-refractivity contribution is -0.171. The van der Waals surface area contributed by atoms with Crippen LogP contribution in [0, 0.1) is 11.8 Å². The molecule has 0 aromatic rings. The molecule has 1 aliphatic rings. The molecule has 0 saturated carbocycles. The number of oxime groups is 1. The summed E-state index contributed by atoms with van der Waals surface area (Å²) in [5.74, 6) is -0.00555. The minimum atomic E-state index is -0.940. The molecule has 1 aliphatic heterocycles. The second-order valence-electron chi connectivity index (χ2n) is 4.55. The molecule has 92 valence electrons. The van der Waals surface area contributed by atoms with Crippen LogP contribution in [0.25, 0.3) is 0 Å². The van der Waals surface area contributed by atoms with Gasteiger partial charge in [0.15, 0.2) is 0 Å². The number of carbonyl (C=O) groups excluding carboxylic acids is 1. The van der Waals surface area contributed by atoms with Gasteiger partial charge in [-0.25, -0.2) is 4.79 Å². The second kappa shape index (κ2) is 4.85. The van der Waals surface area contributed by atoms with Crippen LogP contribution in [0.1, 0.15) is 41.0 Å². The molecule has 0 N–H and O–H groups in total. The van der Waals surface area contributed by atoms with Crippen LogP contribution in [0.4, 0.5) is 0 Å². The maximum atomic E-state index is 11.9. The fourth-order valence-electron chi connectivity index (χ4n) is 2.12. The van der Waals surface area contributed by atoms with Gasteiger partial charge in [0.05, 0.1) is 18.2 Å². The smallest absolute Gasteiger partial charge is 0.353 e. The molecular weight excluding hydrogens is 206 g/mol. The van der Waals surface area contributed by atoms with E-state index in [4.69, 9.17) is 9.57 Å². The Morgan fingerprint density at radius 3 is 2.62 bits per heavy atom. The molecule has 2 atom stereocenters. The van der Waals surface area contributed by atoms with Crippen LogP contribution >= 0.6 is 0 Å². The number of hydrogen-bond donors (Lipinski definition) is 0. The first-order valence-corrected chi connectivity index (χ1v) is 5.90. The molecule has 4 heteroatoms. The predicted octanol–water partition coefficient (Wildman–Crippen LogP) is 2.38. The van der Waals surface area contributed by atoms with Gasteiger partial charge >= 0.3 is 5.97 Å². The van der Waals surface area contributed by atoms with Gasteiger partial charge in [0.25, 0.3) is 0 Å². The zero-order chi connectivity index (χ0) is 12.3. The quantitative estimate of drug-likeness (QED) is 0.693. The normalized spacial score (nSPS) is 28.9. The fraction of sp³-hybridized carbons (Fsp3) is 0.833. The van der Waals surface area contributed by atoms with E-state index in [1.165, 1.54) is 0 Å². The number of ether oxygens (including phenoxy) is 1. The van der Waals surface area contributed by atoms with E-state index >= 15 is 0 Å². The minimum Gasteiger partial charge on any atom is -0.463 e. The van der Waals surface area contributed by atoms with Crippen molar-refractivity contribution in [2.45, 2.75) is 46.6 Å². The van der Waals surface area contributed by atoms with Gasteiger partial charge in [-0.05, 0) is 26.2 Å². The zero-order valence-corrected chi connectivity index (χ0v) is 10.7. The number of nitrogens with zero attached hydrogens (tertiary/aromatic N) is 1. The molecule has 1 rings (SSSR count). The van der Waals surface area contributed by atoms with Crippen LogP contribution in [-0.2, 0) is 14.4 Å². The molecule has 0 amide bonds. The topological polar surface area (TPSA) is 47.9 Å². The molecule has 0 fully saturated rings. The molecule has 0 radical (unpaired) electrons. The molecule has 4 nitrogen and oxygen atoms in total. The number of carbonyl (C=O) groups is 1. The van der Waals surface area contributed by atoms with E-state index < -0.39 is 5.60 Å². The Balaban J connectivity index is 2.89. The van der Waals surface area contributed by atoms with Crippen molar-refractivity contribution in [1.29, 1.82) is 0 Å². The van der Waals surface area contributed by atoms with Crippen molar-refractivity contribution in [3.05, 3.63) is 0 Å². The monoisotopic (exact) mass is 227 g/mol. The average Bonchev–Trinajstić information content (AvgIpc) is 2.57.